The number of aromatic hydroxyl groups is 1. The number of rotatable bonds is 3. The number of hydrogen-bond acceptors (Lipinski definition) is 2. The zero-order chi connectivity index (χ0) is 12.1. The Morgan fingerprint density at radius 2 is 1.88 bits per heavy atom. The van der Waals surface area contributed by atoms with Crippen LogP contribution in [-0.4, -0.2) is 11.7 Å². The molecule has 0 saturated heterocycles. The lowest BCUT2D eigenvalue weighted by Crippen LogP contribution is -2.13. The van der Waals surface area contributed by atoms with Gasteiger partial charge < -0.3 is 10.4 Å². The lowest BCUT2D eigenvalue weighted by molar-refractivity contribution is 0.470. The summed E-state index contributed by atoms with van der Waals surface area (Å²) in [6.45, 7) is 2.97. The van der Waals surface area contributed by atoms with Crippen molar-refractivity contribution < 1.29 is 5.11 Å². The van der Waals surface area contributed by atoms with Gasteiger partial charge in [0, 0.05) is 18.3 Å². The Morgan fingerprint density at radius 1 is 1.18 bits per heavy atom. The van der Waals surface area contributed by atoms with Crippen molar-refractivity contribution >= 4 is 5.69 Å². The lowest BCUT2D eigenvalue weighted by atomic mass is 10.0. The van der Waals surface area contributed by atoms with Crippen LogP contribution in [0, 0.1) is 12.8 Å². The predicted molar refractivity (Wildman–Crippen MR) is 72.5 cm³/mol. The second-order valence-corrected chi connectivity index (χ2v) is 5.24. The summed E-state index contributed by atoms with van der Waals surface area (Å²) in [5.74, 6) is 1.19. The van der Waals surface area contributed by atoms with Crippen LogP contribution < -0.4 is 5.32 Å². The first kappa shape index (κ1) is 12.3. The van der Waals surface area contributed by atoms with E-state index in [0.717, 1.165) is 23.7 Å². The number of nitrogens with one attached hydrogen (secondary N) is 1. The molecule has 0 aliphatic heterocycles. The Morgan fingerprint density at radius 3 is 2.53 bits per heavy atom. The van der Waals surface area contributed by atoms with Crippen molar-refractivity contribution in [3.8, 4) is 5.75 Å². The van der Waals surface area contributed by atoms with Crippen LogP contribution in [0.15, 0.2) is 18.2 Å². The van der Waals surface area contributed by atoms with Gasteiger partial charge in [-0.05, 0) is 37.3 Å². The van der Waals surface area contributed by atoms with E-state index >= 15 is 0 Å². The maximum atomic E-state index is 9.64. The highest BCUT2D eigenvalue weighted by Gasteiger charge is 2.11. The fraction of sp³-hybridized carbons (Fsp3) is 0.600. The second kappa shape index (κ2) is 5.95. The third kappa shape index (κ3) is 3.65. The second-order valence-electron chi connectivity index (χ2n) is 5.24. The van der Waals surface area contributed by atoms with E-state index in [1.54, 1.807) is 0 Å². The minimum Gasteiger partial charge on any atom is -0.508 e. The van der Waals surface area contributed by atoms with Gasteiger partial charge in [-0.1, -0.05) is 31.7 Å². The molecule has 17 heavy (non-hydrogen) atoms. The topological polar surface area (TPSA) is 32.3 Å². The average molecular weight is 233 g/mol. The van der Waals surface area contributed by atoms with Crippen LogP contribution in [0.5, 0.6) is 5.75 Å². The lowest BCUT2D eigenvalue weighted by Gasteiger charge is -2.16. The molecule has 1 saturated carbocycles. The van der Waals surface area contributed by atoms with Crippen molar-refractivity contribution in [3.05, 3.63) is 23.8 Å². The predicted octanol–water partition coefficient (Wildman–Crippen LogP) is 4.08. The summed E-state index contributed by atoms with van der Waals surface area (Å²) >= 11 is 0. The fourth-order valence-corrected chi connectivity index (χ4v) is 2.55. The third-order valence-corrected chi connectivity index (χ3v) is 3.78. The molecule has 0 spiro atoms. The van der Waals surface area contributed by atoms with Gasteiger partial charge in [-0.3, -0.25) is 0 Å². The van der Waals surface area contributed by atoms with E-state index in [0.29, 0.717) is 5.75 Å². The van der Waals surface area contributed by atoms with E-state index in [4.69, 9.17) is 0 Å². The monoisotopic (exact) mass is 233 g/mol. The highest BCUT2D eigenvalue weighted by atomic mass is 16.3. The summed E-state index contributed by atoms with van der Waals surface area (Å²) in [4.78, 5) is 0. The fourth-order valence-electron chi connectivity index (χ4n) is 2.55. The Labute approximate surface area is 104 Å². The van der Waals surface area contributed by atoms with Crippen LogP contribution in [-0.2, 0) is 0 Å². The maximum Gasteiger partial charge on any atom is 0.120 e. The number of phenols is 1. The van der Waals surface area contributed by atoms with Gasteiger partial charge in [0.2, 0.25) is 0 Å². The van der Waals surface area contributed by atoms with E-state index in [-0.39, 0.29) is 0 Å². The van der Waals surface area contributed by atoms with Crippen LogP contribution in [0.25, 0.3) is 0 Å². The molecule has 2 heteroatoms. The molecule has 0 aromatic heterocycles. The van der Waals surface area contributed by atoms with Gasteiger partial charge in [0.1, 0.15) is 5.75 Å². The standard InChI is InChI=1S/C15H23NO/c1-12-8-9-14(10-15(12)17)16-11-13-6-4-2-3-5-7-13/h8-10,13,16-17H,2-7,11H2,1H3. The normalized spacial score (nSPS) is 17.7. The Hall–Kier alpha value is -1.18. The molecule has 0 bridgehead atoms. The number of hydrogen-bond donors (Lipinski definition) is 2. The zero-order valence-corrected chi connectivity index (χ0v) is 10.7. The molecule has 1 aromatic carbocycles. The van der Waals surface area contributed by atoms with E-state index in [9.17, 15) is 5.11 Å². The summed E-state index contributed by atoms with van der Waals surface area (Å²) in [7, 11) is 0. The summed E-state index contributed by atoms with van der Waals surface area (Å²) in [5, 5.41) is 13.1. The van der Waals surface area contributed by atoms with E-state index < -0.39 is 0 Å². The molecule has 94 valence electrons. The van der Waals surface area contributed by atoms with Gasteiger partial charge in [-0.15, -0.1) is 0 Å². The Balaban J connectivity index is 1.85. The smallest absolute Gasteiger partial charge is 0.120 e. The summed E-state index contributed by atoms with van der Waals surface area (Å²) < 4.78 is 0. The van der Waals surface area contributed by atoms with Crippen molar-refractivity contribution in [2.75, 3.05) is 11.9 Å². The van der Waals surface area contributed by atoms with Gasteiger partial charge in [-0.2, -0.15) is 0 Å². The molecule has 0 unspecified atom stereocenters. The van der Waals surface area contributed by atoms with Gasteiger partial charge in [0.15, 0.2) is 0 Å². The molecular weight excluding hydrogens is 210 g/mol. The first-order valence-corrected chi connectivity index (χ1v) is 6.79. The van der Waals surface area contributed by atoms with Crippen LogP contribution in [0.2, 0.25) is 0 Å². The Kier molecular flexibility index (Phi) is 4.29. The maximum absolute atomic E-state index is 9.64. The first-order valence-electron chi connectivity index (χ1n) is 6.79. The molecule has 2 N–H and O–H groups in total. The van der Waals surface area contributed by atoms with Crippen molar-refractivity contribution in [1.29, 1.82) is 0 Å². The molecular formula is C15H23NO. The SMILES string of the molecule is Cc1ccc(NCC2CCCCCC2)cc1O. The van der Waals surface area contributed by atoms with E-state index in [1.165, 1.54) is 38.5 Å². The molecule has 0 radical (unpaired) electrons. The van der Waals surface area contributed by atoms with Crippen molar-refractivity contribution in [3.63, 3.8) is 0 Å². The van der Waals surface area contributed by atoms with Crippen LogP contribution in [0.1, 0.15) is 44.1 Å². The average Bonchev–Trinajstić information content (AvgIpc) is 2.59. The van der Waals surface area contributed by atoms with Crippen molar-refractivity contribution in [2.24, 2.45) is 5.92 Å². The first-order chi connectivity index (χ1) is 8.25. The number of benzene rings is 1. The van der Waals surface area contributed by atoms with E-state index in [2.05, 4.69) is 5.32 Å². The molecule has 1 fully saturated rings. The van der Waals surface area contributed by atoms with Crippen molar-refractivity contribution in [2.45, 2.75) is 45.4 Å². The van der Waals surface area contributed by atoms with E-state index in [1.807, 2.05) is 25.1 Å². The quantitative estimate of drug-likeness (QED) is 0.771. The van der Waals surface area contributed by atoms with Crippen LogP contribution >= 0.6 is 0 Å². The summed E-state index contributed by atoms with van der Waals surface area (Å²) in [6.07, 6.45) is 8.27. The number of aryl methyl sites for hydroxylation is 1. The highest BCUT2D eigenvalue weighted by Crippen LogP contribution is 2.25. The molecule has 2 rings (SSSR count). The third-order valence-electron chi connectivity index (χ3n) is 3.78. The van der Waals surface area contributed by atoms with Gasteiger partial charge in [0.25, 0.3) is 0 Å². The molecule has 0 amide bonds. The summed E-state index contributed by atoms with van der Waals surface area (Å²) in [5.41, 5.74) is 1.97. The summed E-state index contributed by atoms with van der Waals surface area (Å²) in [6, 6.07) is 5.84. The minimum atomic E-state index is 0.385. The Bertz CT molecular complexity index is 354. The molecule has 1 aliphatic rings. The minimum absolute atomic E-state index is 0.385. The van der Waals surface area contributed by atoms with Gasteiger partial charge in [-0.25, -0.2) is 0 Å². The van der Waals surface area contributed by atoms with Gasteiger partial charge >= 0.3 is 0 Å². The highest BCUT2D eigenvalue weighted by molar-refractivity contribution is 5.50. The van der Waals surface area contributed by atoms with Crippen LogP contribution in [0.3, 0.4) is 0 Å². The molecule has 1 aliphatic carbocycles. The molecule has 0 atom stereocenters. The molecule has 0 heterocycles. The number of anilines is 1. The van der Waals surface area contributed by atoms with Crippen molar-refractivity contribution in [1.82, 2.24) is 0 Å². The van der Waals surface area contributed by atoms with Crippen LogP contribution in [0.4, 0.5) is 5.69 Å². The molecule has 2 nitrogen and oxygen atoms in total. The van der Waals surface area contributed by atoms with Gasteiger partial charge in [0.05, 0.1) is 0 Å². The molecule has 1 aromatic rings. The number of phenolic OH excluding ortho intramolecular Hbond substituents is 1. The largest absolute Gasteiger partial charge is 0.508 e. The zero-order valence-electron chi connectivity index (χ0n) is 10.7.